The van der Waals surface area contributed by atoms with E-state index in [0.29, 0.717) is 22.5 Å². The Kier molecular flexibility index (Phi) is 4.73. The molecule has 3 aromatic rings. The molecule has 4 rings (SSSR count). The number of thioether (sulfide) groups is 1. The molecule has 2 heterocycles. The lowest BCUT2D eigenvalue weighted by Gasteiger charge is -2.21. The first-order chi connectivity index (χ1) is 12.5. The van der Waals surface area contributed by atoms with Crippen molar-refractivity contribution < 1.29 is 4.79 Å². The van der Waals surface area contributed by atoms with Crippen LogP contribution in [0.25, 0.3) is 11.4 Å². The third-order valence-corrected chi connectivity index (χ3v) is 6.67. The zero-order valence-corrected chi connectivity index (χ0v) is 16.4. The first kappa shape index (κ1) is 17.5. The summed E-state index contributed by atoms with van der Waals surface area (Å²) < 4.78 is 3.91. The molecule has 1 saturated heterocycles. The maximum Gasteiger partial charge on any atom is 0.245 e. The molecule has 1 amide bonds. The number of rotatable bonds is 4. The van der Waals surface area contributed by atoms with Gasteiger partial charge in [0.05, 0.1) is 4.75 Å². The van der Waals surface area contributed by atoms with Crippen LogP contribution in [0.5, 0.6) is 0 Å². The number of amides is 1. The molecule has 1 atom stereocenters. The van der Waals surface area contributed by atoms with Crippen LogP contribution in [0.4, 0.5) is 5.13 Å². The molecule has 7 heteroatoms. The SMILES string of the molecule is CC1(Sc2ccc(Cl)cc2)CCN(c2nc(-c3ccccc3)ns2)C1=O. The number of hydrogen-bond acceptors (Lipinski definition) is 5. The fourth-order valence-corrected chi connectivity index (χ4v) is 4.91. The minimum Gasteiger partial charge on any atom is -0.286 e. The number of halogens is 1. The van der Waals surface area contributed by atoms with Gasteiger partial charge in [-0.05, 0) is 37.6 Å². The van der Waals surface area contributed by atoms with Crippen molar-refractivity contribution in [1.29, 1.82) is 0 Å². The summed E-state index contributed by atoms with van der Waals surface area (Å²) in [7, 11) is 0. The average Bonchev–Trinajstić information content (AvgIpc) is 3.24. The molecule has 1 aliphatic rings. The number of benzene rings is 2. The van der Waals surface area contributed by atoms with Crippen LogP contribution >= 0.6 is 34.9 Å². The Morgan fingerprint density at radius 3 is 2.62 bits per heavy atom. The number of carbonyl (C=O) groups is 1. The first-order valence-electron chi connectivity index (χ1n) is 8.21. The van der Waals surface area contributed by atoms with Gasteiger partial charge >= 0.3 is 0 Å². The Labute approximate surface area is 165 Å². The van der Waals surface area contributed by atoms with Crippen LogP contribution in [0.2, 0.25) is 5.02 Å². The number of carbonyl (C=O) groups excluding carboxylic acids is 1. The lowest BCUT2D eigenvalue weighted by atomic mass is 10.1. The maximum absolute atomic E-state index is 13.1. The molecule has 2 aromatic carbocycles. The van der Waals surface area contributed by atoms with E-state index < -0.39 is 4.75 Å². The Hall–Kier alpha value is -1.89. The molecular weight excluding hydrogens is 386 g/mol. The van der Waals surface area contributed by atoms with E-state index in [1.807, 2.05) is 61.5 Å². The molecule has 1 fully saturated rings. The van der Waals surface area contributed by atoms with E-state index in [1.165, 1.54) is 11.5 Å². The fourth-order valence-electron chi connectivity index (χ4n) is 2.89. The Balaban J connectivity index is 1.54. The zero-order valence-electron chi connectivity index (χ0n) is 14.1. The highest BCUT2D eigenvalue weighted by Gasteiger charge is 2.45. The van der Waals surface area contributed by atoms with Crippen molar-refractivity contribution in [1.82, 2.24) is 9.36 Å². The van der Waals surface area contributed by atoms with E-state index in [-0.39, 0.29) is 5.91 Å². The summed E-state index contributed by atoms with van der Waals surface area (Å²) in [5, 5.41) is 1.36. The highest BCUT2D eigenvalue weighted by molar-refractivity contribution is 8.01. The van der Waals surface area contributed by atoms with Crippen LogP contribution in [-0.4, -0.2) is 26.6 Å². The lowest BCUT2D eigenvalue weighted by Crippen LogP contribution is -2.35. The van der Waals surface area contributed by atoms with E-state index in [9.17, 15) is 4.79 Å². The van der Waals surface area contributed by atoms with E-state index >= 15 is 0 Å². The second-order valence-corrected chi connectivity index (χ2v) is 9.00. The minimum absolute atomic E-state index is 0.0770. The van der Waals surface area contributed by atoms with Gasteiger partial charge in [0.2, 0.25) is 11.0 Å². The Bertz CT molecular complexity index is 929. The third-order valence-electron chi connectivity index (χ3n) is 4.34. The van der Waals surface area contributed by atoms with Gasteiger partial charge in [0.1, 0.15) is 0 Å². The quantitative estimate of drug-likeness (QED) is 0.606. The van der Waals surface area contributed by atoms with E-state index in [4.69, 9.17) is 11.6 Å². The van der Waals surface area contributed by atoms with Gasteiger partial charge < -0.3 is 0 Å². The summed E-state index contributed by atoms with van der Waals surface area (Å²) in [6, 6.07) is 17.4. The van der Waals surface area contributed by atoms with Crippen LogP contribution in [0.3, 0.4) is 0 Å². The topological polar surface area (TPSA) is 46.1 Å². The third kappa shape index (κ3) is 3.37. The first-order valence-corrected chi connectivity index (χ1v) is 10.2. The van der Waals surface area contributed by atoms with Crippen LogP contribution in [0.1, 0.15) is 13.3 Å². The molecule has 0 N–H and O–H groups in total. The molecule has 0 bridgehead atoms. The fraction of sp³-hybridized carbons (Fsp3) is 0.211. The smallest absolute Gasteiger partial charge is 0.245 e. The number of nitrogens with zero attached hydrogens (tertiary/aromatic N) is 3. The van der Waals surface area contributed by atoms with E-state index in [2.05, 4.69) is 9.36 Å². The highest BCUT2D eigenvalue weighted by atomic mass is 35.5. The summed E-state index contributed by atoms with van der Waals surface area (Å²) in [4.78, 5) is 20.4. The second kappa shape index (κ2) is 7.02. The molecule has 0 radical (unpaired) electrons. The predicted molar refractivity (Wildman–Crippen MR) is 108 cm³/mol. The van der Waals surface area contributed by atoms with Crippen LogP contribution in [0.15, 0.2) is 59.5 Å². The van der Waals surface area contributed by atoms with Gasteiger partial charge in [-0.15, -0.1) is 11.8 Å². The summed E-state index contributed by atoms with van der Waals surface area (Å²) >= 11 is 8.80. The molecule has 132 valence electrons. The predicted octanol–water partition coefficient (Wildman–Crippen LogP) is 5.15. The van der Waals surface area contributed by atoms with Crippen molar-refractivity contribution in [2.75, 3.05) is 11.4 Å². The molecule has 0 spiro atoms. The lowest BCUT2D eigenvalue weighted by molar-refractivity contribution is -0.118. The molecular formula is C19H16ClN3OS2. The van der Waals surface area contributed by atoms with Crippen LogP contribution in [-0.2, 0) is 4.79 Å². The van der Waals surface area contributed by atoms with Gasteiger partial charge in [0.15, 0.2) is 5.82 Å². The van der Waals surface area contributed by atoms with Crippen molar-refractivity contribution in [3.05, 3.63) is 59.6 Å². The normalized spacial score (nSPS) is 19.9. The van der Waals surface area contributed by atoms with Gasteiger partial charge in [0, 0.05) is 33.6 Å². The summed E-state index contributed by atoms with van der Waals surface area (Å²) in [5.41, 5.74) is 0.958. The van der Waals surface area contributed by atoms with Crippen LogP contribution in [0, 0.1) is 0 Å². The van der Waals surface area contributed by atoms with Crippen molar-refractivity contribution >= 4 is 45.9 Å². The summed E-state index contributed by atoms with van der Waals surface area (Å²) in [6.07, 6.45) is 0.763. The van der Waals surface area contributed by atoms with Gasteiger partial charge in [-0.25, -0.2) is 0 Å². The Morgan fingerprint density at radius 2 is 1.88 bits per heavy atom. The van der Waals surface area contributed by atoms with Crippen molar-refractivity contribution in [3.63, 3.8) is 0 Å². The summed E-state index contributed by atoms with van der Waals surface area (Å²) in [6.45, 7) is 2.65. The van der Waals surface area contributed by atoms with Crippen molar-refractivity contribution in [2.45, 2.75) is 23.0 Å². The number of aromatic nitrogens is 2. The molecule has 1 aliphatic heterocycles. The number of anilines is 1. The Morgan fingerprint density at radius 1 is 1.15 bits per heavy atom. The summed E-state index contributed by atoms with van der Waals surface area (Å²) in [5.74, 6) is 0.741. The standard InChI is InChI=1S/C19H16ClN3OS2/c1-19(25-15-9-7-14(20)8-10-15)11-12-23(17(19)24)18-21-16(22-26-18)13-5-3-2-4-6-13/h2-10H,11-12H2,1H3. The molecule has 1 aromatic heterocycles. The molecule has 4 nitrogen and oxygen atoms in total. The van der Waals surface area contributed by atoms with Gasteiger partial charge in [-0.3, -0.25) is 9.69 Å². The molecule has 0 aliphatic carbocycles. The maximum atomic E-state index is 13.1. The second-order valence-electron chi connectivity index (χ2n) is 6.26. The van der Waals surface area contributed by atoms with Crippen molar-refractivity contribution in [2.24, 2.45) is 0 Å². The molecule has 0 saturated carbocycles. The molecule has 1 unspecified atom stereocenters. The largest absolute Gasteiger partial charge is 0.286 e. The highest BCUT2D eigenvalue weighted by Crippen LogP contribution is 2.43. The molecule has 26 heavy (non-hydrogen) atoms. The van der Waals surface area contributed by atoms with E-state index in [1.54, 1.807) is 16.7 Å². The van der Waals surface area contributed by atoms with E-state index in [0.717, 1.165) is 16.9 Å². The average molecular weight is 402 g/mol. The zero-order chi connectivity index (χ0) is 18.1. The number of hydrogen-bond donors (Lipinski definition) is 0. The van der Waals surface area contributed by atoms with Crippen LogP contribution < -0.4 is 4.90 Å². The van der Waals surface area contributed by atoms with Gasteiger partial charge in [-0.1, -0.05) is 41.9 Å². The monoisotopic (exact) mass is 401 g/mol. The minimum atomic E-state index is -0.508. The van der Waals surface area contributed by atoms with Gasteiger partial charge in [-0.2, -0.15) is 9.36 Å². The van der Waals surface area contributed by atoms with Crippen molar-refractivity contribution in [3.8, 4) is 11.4 Å². The van der Waals surface area contributed by atoms with Gasteiger partial charge in [0.25, 0.3) is 0 Å².